The molecule has 2 heteroatoms. The van der Waals surface area contributed by atoms with Crippen LogP contribution >= 0.6 is 0 Å². The third kappa shape index (κ3) is 17.1. The van der Waals surface area contributed by atoms with Crippen molar-refractivity contribution in [3.05, 3.63) is 24.0 Å². The van der Waals surface area contributed by atoms with E-state index in [-0.39, 0.29) is 0 Å². The molecule has 130 valence electrons. The molecule has 0 amide bonds. The van der Waals surface area contributed by atoms with Gasteiger partial charge in [-0.3, -0.25) is 0 Å². The van der Waals surface area contributed by atoms with E-state index in [1.165, 1.54) is 96.1 Å². The van der Waals surface area contributed by atoms with Crippen LogP contribution in [0.25, 0.3) is 0 Å². The zero-order valence-corrected chi connectivity index (χ0v) is 15.0. The average molecular weight is 309 g/mol. The molecule has 0 atom stereocenters. The summed E-state index contributed by atoms with van der Waals surface area (Å²) in [5, 5.41) is 0. The number of nitrogens with two attached hydrogens (primary N) is 2. The molecule has 0 aromatic carbocycles. The summed E-state index contributed by atoms with van der Waals surface area (Å²) < 4.78 is 0. The largest absolute Gasteiger partial charge is 0.403 e. The quantitative estimate of drug-likeness (QED) is 0.264. The summed E-state index contributed by atoms with van der Waals surface area (Å²) in [4.78, 5) is 0. The van der Waals surface area contributed by atoms with Crippen LogP contribution in [-0.4, -0.2) is 0 Å². The van der Waals surface area contributed by atoms with Crippen LogP contribution in [-0.2, 0) is 0 Å². The van der Waals surface area contributed by atoms with Crippen molar-refractivity contribution in [3.8, 4) is 0 Å². The predicted molar refractivity (Wildman–Crippen MR) is 101 cm³/mol. The highest BCUT2D eigenvalue weighted by Gasteiger charge is 1.93. The lowest BCUT2D eigenvalue weighted by Crippen LogP contribution is -2.00. The van der Waals surface area contributed by atoms with Gasteiger partial charge >= 0.3 is 0 Å². The topological polar surface area (TPSA) is 52.0 Å². The Bertz CT molecular complexity index is 269. The second kappa shape index (κ2) is 18.1. The molecule has 0 aliphatic carbocycles. The summed E-state index contributed by atoms with van der Waals surface area (Å²) in [6, 6.07) is 0. The molecule has 4 N–H and O–H groups in total. The molecule has 22 heavy (non-hydrogen) atoms. The molecule has 0 aromatic rings. The zero-order chi connectivity index (χ0) is 16.3. The molecule has 0 fully saturated rings. The molecule has 0 unspecified atom stereocenters. The van der Waals surface area contributed by atoms with Gasteiger partial charge in [0.1, 0.15) is 0 Å². The van der Waals surface area contributed by atoms with Gasteiger partial charge in [-0.05, 0) is 38.5 Å². The van der Waals surface area contributed by atoms with Gasteiger partial charge in [-0.1, -0.05) is 76.9 Å². The Morgan fingerprint density at radius 3 is 1.64 bits per heavy atom. The van der Waals surface area contributed by atoms with E-state index in [4.69, 9.17) is 11.5 Å². The Balaban J connectivity index is 3.11. The average Bonchev–Trinajstić information content (AvgIpc) is 2.54. The minimum Gasteiger partial charge on any atom is -0.403 e. The first-order valence-corrected chi connectivity index (χ1v) is 9.62. The third-order valence-electron chi connectivity index (χ3n) is 4.19. The second-order valence-electron chi connectivity index (χ2n) is 6.43. The predicted octanol–water partition coefficient (Wildman–Crippen LogP) is 6.17. The highest BCUT2D eigenvalue weighted by molar-refractivity contribution is 4.92. The highest BCUT2D eigenvalue weighted by Crippen LogP contribution is 2.11. The lowest BCUT2D eigenvalue weighted by Gasteiger charge is -2.01. The minimum atomic E-state index is 0.829. The number of allylic oxidation sites excluding steroid dienone is 3. The van der Waals surface area contributed by atoms with Gasteiger partial charge in [-0.25, -0.2) is 0 Å². The van der Waals surface area contributed by atoms with Crippen LogP contribution in [0.2, 0.25) is 0 Å². The van der Waals surface area contributed by atoms with Crippen molar-refractivity contribution in [2.75, 3.05) is 0 Å². The Labute approximate surface area is 139 Å². The monoisotopic (exact) mass is 308 g/mol. The van der Waals surface area contributed by atoms with E-state index in [9.17, 15) is 0 Å². The summed E-state index contributed by atoms with van der Waals surface area (Å²) in [6.07, 6.45) is 26.1. The number of rotatable bonds is 16. The van der Waals surface area contributed by atoms with Crippen molar-refractivity contribution in [3.63, 3.8) is 0 Å². The molecular weight excluding hydrogens is 268 g/mol. The molecule has 0 rings (SSSR count). The molecule has 2 nitrogen and oxygen atoms in total. The molecule has 0 spiro atoms. The van der Waals surface area contributed by atoms with Crippen molar-refractivity contribution in [2.24, 2.45) is 11.5 Å². The van der Waals surface area contributed by atoms with Gasteiger partial charge < -0.3 is 11.5 Å². The number of unbranched alkanes of at least 4 members (excludes halogenated alkanes) is 12. The van der Waals surface area contributed by atoms with E-state index in [0.29, 0.717) is 0 Å². The standard InChI is InChI=1S/C20H40N2/c1-2-3-4-5-6-7-8-9-10-11-12-13-14-15-16-17-18-20(22)19-21/h9-10,19H,2-8,11-18,21-22H2,1H3/b10-9-,20-19+. The first kappa shape index (κ1) is 21.1. The van der Waals surface area contributed by atoms with Gasteiger partial charge in [0.15, 0.2) is 0 Å². The fourth-order valence-electron chi connectivity index (χ4n) is 2.66. The first-order valence-electron chi connectivity index (χ1n) is 9.62. The maximum atomic E-state index is 5.66. The second-order valence-corrected chi connectivity index (χ2v) is 6.43. The van der Waals surface area contributed by atoms with E-state index >= 15 is 0 Å². The lowest BCUT2D eigenvalue weighted by molar-refractivity contribution is 0.594. The van der Waals surface area contributed by atoms with Crippen molar-refractivity contribution in [1.29, 1.82) is 0 Å². The van der Waals surface area contributed by atoms with Gasteiger partial charge in [-0.15, -0.1) is 0 Å². The van der Waals surface area contributed by atoms with Gasteiger partial charge in [-0.2, -0.15) is 0 Å². The van der Waals surface area contributed by atoms with Crippen molar-refractivity contribution in [1.82, 2.24) is 0 Å². The fraction of sp³-hybridized carbons (Fsp3) is 0.800. The van der Waals surface area contributed by atoms with Gasteiger partial charge in [0, 0.05) is 11.9 Å². The fourth-order valence-corrected chi connectivity index (χ4v) is 2.66. The van der Waals surface area contributed by atoms with Crippen LogP contribution in [0.15, 0.2) is 24.0 Å². The summed E-state index contributed by atoms with van der Waals surface area (Å²) in [5.74, 6) is 0. The van der Waals surface area contributed by atoms with Crippen LogP contribution in [0.5, 0.6) is 0 Å². The van der Waals surface area contributed by atoms with E-state index in [1.54, 1.807) is 0 Å². The molecule has 0 aromatic heterocycles. The highest BCUT2D eigenvalue weighted by atomic mass is 14.6. The normalized spacial score (nSPS) is 12.3. The van der Waals surface area contributed by atoms with E-state index in [2.05, 4.69) is 19.1 Å². The Morgan fingerprint density at radius 1 is 0.682 bits per heavy atom. The Morgan fingerprint density at radius 2 is 1.14 bits per heavy atom. The number of hydrogen-bond acceptors (Lipinski definition) is 2. The molecule has 0 heterocycles. The van der Waals surface area contributed by atoms with Crippen molar-refractivity contribution >= 4 is 0 Å². The van der Waals surface area contributed by atoms with E-state index in [1.807, 2.05) is 0 Å². The Kier molecular flexibility index (Phi) is 17.4. The SMILES string of the molecule is CCCCCCCC/C=C\CCCCCCCC/C(N)=C\N. The third-order valence-corrected chi connectivity index (χ3v) is 4.19. The van der Waals surface area contributed by atoms with Crippen LogP contribution < -0.4 is 11.5 Å². The molecular formula is C20H40N2. The van der Waals surface area contributed by atoms with Crippen LogP contribution in [0.4, 0.5) is 0 Å². The Hall–Kier alpha value is -0.920. The molecule has 0 saturated heterocycles. The first-order chi connectivity index (χ1) is 10.8. The smallest absolute Gasteiger partial charge is 0.0238 e. The minimum absolute atomic E-state index is 0.829. The van der Waals surface area contributed by atoms with Gasteiger partial charge in [0.25, 0.3) is 0 Å². The van der Waals surface area contributed by atoms with Crippen molar-refractivity contribution < 1.29 is 0 Å². The van der Waals surface area contributed by atoms with E-state index in [0.717, 1.165) is 12.1 Å². The van der Waals surface area contributed by atoms with E-state index < -0.39 is 0 Å². The molecule has 0 aliphatic heterocycles. The van der Waals surface area contributed by atoms with Crippen LogP contribution in [0.1, 0.15) is 103 Å². The van der Waals surface area contributed by atoms with Crippen LogP contribution in [0.3, 0.4) is 0 Å². The summed E-state index contributed by atoms with van der Waals surface area (Å²) in [7, 11) is 0. The molecule has 0 saturated carbocycles. The van der Waals surface area contributed by atoms with Gasteiger partial charge in [0.05, 0.1) is 0 Å². The summed E-state index contributed by atoms with van der Waals surface area (Å²) in [6.45, 7) is 2.28. The maximum Gasteiger partial charge on any atom is 0.0238 e. The van der Waals surface area contributed by atoms with Gasteiger partial charge in [0.2, 0.25) is 0 Å². The summed E-state index contributed by atoms with van der Waals surface area (Å²) in [5.41, 5.74) is 11.8. The molecule has 0 aliphatic rings. The molecule has 0 radical (unpaired) electrons. The van der Waals surface area contributed by atoms with Crippen molar-refractivity contribution in [2.45, 2.75) is 103 Å². The number of hydrogen-bond donors (Lipinski definition) is 2. The lowest BCUT2D eigenvalue weighted by atomic mass is 10.1. The zero-order valence-electron chi connectivity index (χ0n) is 15.0. The summed E-state index contributed by atoms with van der Waals surface area (Å²) >= 11 is 0. The molecule has 0 bridgehead atoms. The van der Waals surface area contributed by atoms with Crippen LogP contribution in [0, 0.1) is 0 Å². The maximum absolute atomic E-state index is 5.66.